The van der Waals surface area contributed by atoms with E-state index in [1.54, 1.807) is 7.11 Å². The number of thioether (sulfide) groups is 1. The van der Waals surface area contributed by atoms with Crippen LogP contribution in [0.4, 0.5) is 11.6 Å². The van der Waals surface area contributed by atoms with Crippen LogP contribution in [-0.4, -0.2) is 23.6 Å². The van der Waals surface area contributed by atoms with E-state index >= 15 is 0 Å². The van der Waals surface area contributed by atoms with Crippen molar-refractivity contribution in [3.05, 3.63) is 35.9 Å². The lowest BCUT2D eigenvalue weighted by atomic mass is 10.1. The van der Waals surface area contributed by atoms with Gasteiger partial charge in [0, 0.05) is 18.2 Å². The lowest BCUT2D eigenvalue weighted by molar-refractivity contribution is 0.409. The topological polar surface area (TPSA) is 113 Å². The summed E-state index contributed by atoms with van der Waals surface area (Å²) in [6, 6.07) is 9.24. The van der Waals surface area contributed by atoms with E-state index in [2.05, 4.69) is 9.97 Å². The summed E-state index contributed by atoms with van der Waals surface area (Å²) in [5.74, 6) is 1.47. The van der Waals surface area contributed by atoms with Crippen molar-refractivity contribution in [1.29, 1.82) is 0 Å². The molecule has 1 unspecified atom stereocenters. The van der Waals surface area contributed by atoms with E-state index in [-0.39, 0.29) is 5.25 Å². The van der Waals surface area contributed by atoms with Gasteiger partial charge in [-0.2, -0.15) is 0 Å². The average Bonchev–Trinajstić information content (AvgIpc) is 2.43. The number of hydrogen-bond acceptors (Lipinski definition) is 7. The summed E-state index contributed by atoms with van der Waals surface area (Å²) in [4.78, 5) is 8.31. The fourth-order valence-electron chi connectivity index (χ4n) is 1.81. The molecule has 1 heterocycles. The number of aromatic nitrogens is 2. The van der Waals surface area contributed by atoms with Crippen molar-refractivity contribution < 1.29 is 4.74 Å². The zero-order valence-corrected chi connectivity index (χ0v) is 11.9. The number of para-hydroxylation sites is 1. The van der Waals surface area contributed by atoms with E-state index in [1.165, 1.54) is 17.8 Å². The summed E-state index contributed by atoms with van der Waals surface area (Å²) in [6.45, 7) is 0.420. The number of nitrogens with two attached hydrogens (primary N) is 3. The fraction of sp³-hybridized carbons (Fsp3) is 0.231. The predicted molar refractivity (Wildman–Crippen MR) is 81.5 cm³/mol. The molecule has 0 bridgehead atoms. The van der Waals surface area contributed by atoms with Crippen molar-refractivity contribution in [1.82, 2.24) is 9.97 Å². The summed E-state index contributed by atoms with van der Waals surface area (Å²) >= 11 is 1.41. The van der Waals surface area contributed by atoms with Gasteiger partial charge in [0.1, 0.15) is 17.4 Å². The number of nitrogen functional groups attached to an aromatic ring is 2. The lowest BCUT2D eigenvalue weighted by Gasteiger charge is -2.17. The minimum absolute atomic E-state index is 0.0349. The predicted octanol–water partition coefficient (Wildman–Crippen LogP) is 1.44. The van der Waals surface area contributed by atoms with E-state index in [1.807, 2.05) is 24.3 Å². The highest BCUT2D eigenvalue weighted by Gasteiger charge is 2.17. The first-order chi connectivity index (χ1) is 9.63. The van der Waals surface area contributed by atoms with Crippen LogP contribution in [0, 0.1) is 0 Å². The first kappa shape index (κ1) is 14.4. The molecule has 0 fully saturated rings. The molecule has 1 aromatic heterocycles. The van der Waals surface area contributed by atoms with Gasteiger partial charge in [0.25, 0.3) is 0 Å². The monoisotopic (exact) mass is 291 g/mol. The SMILES string of the molecule is COc1ccccc1C(CN)Sc1nc(N)cc(N)n1. The van der Waals surface area contributed by atoms with Gasteiger partial charge < -0.3 is 21.9 Å². The Balaban J connectivity index is 2.28. The van der Waals surface area contributed by atoms with Crippen molar-refractivity contribution in [2.24, 2.45) is 5.73 Å². The van der Waals surface area contributed by atoms with E-state index in [4.69, 9.17) is 21.9 Å². The number of hydrogen-bond donors (Lipinski definition) is 3. The summed E-state index contributed by atoms with van der Waals surface area (Å²) in [5, 5.41) is 0.469. The van der Waals surface area contributed by atoms with Crippen LogP contribution in [0.1, 0.15) is 10.8 Å². The molecule has 1 aromatic carbocycles. The number of ether oxygens (including phenoxy) is 1. The van der Waals surface area contributed by atoms with Gasteiger partial charge in [0.05, 0.1) is 12.4 Å². The van der Waals surface area contributed by atoms with Crippen LogP contribution in [0.2, 0.25) is 0 Å². The van der Waals surface area contributed by atoms with Gasteiger partial charge in [-0.15, -0.1) is 0 Å². The molecule has 6 N–H and O–H groups in total. The molecule has 0 saturated heterocycles. The molecule has 2 rings (SSSR count). The third kappa shape index (κ3) is 3.31. The van der Waals surface area contributed by atoms with Gasteiger partial charge in [-0.25, -0.2) is 9.97 Å². The molecular formula is C13H17N5OS. The standard InChI is InChI=1S/C13H17N5OS/c1-19-9-5-3-2-4-8(9)10(7-14)20-13-17-11(15)6-12(16)18-13/h2-6,10H,7,14H2,1H3,(H4,15,16,17,18). The molecule has 0 amide bonds. The molecule has 2 aromatic rings. The number of benzene rings is 1. The quantitative estimate of drug-likeness (QED) is 0.564. The lowest BCUT2D eigenvalue weighted by Crippen LogP contribution is -2.11. The number of nitrogens with zero attached hydrogens (tertiary/aromatic N) is 2. The highest BCUT2D eigenvalue weighted by atomic mass is 32.2. The Morgan fingerprint density at radius 1 is 1.20 bits per heavy atom. The molecule has 0 aliphatic rings. The minimum atomic E-state index is -0.0349. The molecule has 0 aliphatic carbocycles. The van der Waals surface area contributed by atoms with Crippen LogP contribution in [-0.2, 0) is 0 Å². The van der Waals surface area contributed by atoms with Gasteiger partial charge in [-0.05, 0) is 6.07 Å². The minimum Gasteiger partial charge on any atom is -0.496 e. The van der Waals surface area contributed by atoms with E-state index < -0.39 is 0 Å². The van der Waals surface area contributed by atoms with Gasteiger partial charge in [0.2, 0.25) is 0 Å². The molecular weight excluding hydrogens is 274 g/mol. The van der Waals surface area contributed by atoms with Crippen LogP contribution in [0.25, 0.3) is 0 Å². The second kappa shape index (κ2) is 6.44. The Morgan fingerprint density at radius 2 is 1.85 bits per heavy atom. The molecule has 1 atom stereocenters. The number of rotatable bonds is 5. The van der Waals surface area contributed by atoms with Crippen molar-refractivity contribution in [2.45, 2.75) is 10.4 Å². The Hall–Kier alpha value is -1.99. The summed E-state index contributed by atoms with van der Waals surface area (Å²) in [7, 11) is 1.63. The van der Waals surface area contributed by atoms with Crippen LogP contribution in [0.5, 0.6) is 5.75 Å². The van der Waals surface area contributed by atoms with Crippen LogP contribution < -0.4 is 21.9 Å². The van der Waals surface area contributed by atoms with Gasteiger partial charge in [-0.3, -0.25) is 0 Å². The smallest absolute Gasteiger partial charge is 0.192 e. The number of methoxy groups -OCH3 is 1. The van der Waals surface area contributed by atoms with Crippen molar-refractivity contribution in [3.63, 3.8) is 0 Å². The molecule has 106 valence electrons. The fourth-order valence-corrected chi connectivity index (χ4v) is 2.80. The van der Waals surface area contributed by atoms with Crippen molar-refractivity contribution in [2.75, 3.05) is 25.1 Å². The highest BCUT2D eigenvalue weighted by molar-refractivity contribution is 7.99. The molecule has 20 heavy (non-hydrogen) atoms. The van der Waals surface area contributed by atoms with Crippen LogP contribution in [0.3, 0.4) is 0 Å². The van der Waals surface area contributed by atoms with Crippen molar-refractivity contribution >= 4 is 23.4 Å². The van der Waals surface area contributed by atoms with Gasteiger partial charge in [0.15, 0.2) is 5.16 Å². The second-order valence-corrected chi connectivity index (χ2v) is 5.25. The summed E-state index contributed by atoms with van der Waals surface area (Å²) in [5.41, 5.74) is 18.2. The highest BCUT2D eigenvalue weighted by Crippen LogP contribution is 2.37. The Kier molecular flexibility index (Phi) is 4.65. The molecule has 0 spiro atoms. The van der Waals surface area contributed by atoms with E-state index in [0.717, 1.165) is 11.3 Å². The first-order valence-electron chi connectivity index (χ1n) is 6.03. The third-order valence-electron chi connectivity index (χ3n) is 2.69. The summed E-state index contributed by atoms with van der Waals surface area (Å²) < 4.78 is 5.35. The van der Waals surface area contributed by atoms with E-state index in [9.17, 15) is 0 Å². The first-order valence-corrected chi connectivity index (χ1v) is 6.91. The summed E-state index contributed by atoms with van der Waals surface area (Å²) in [6.07, 6.45) is 0. The Morgan fingerprint density at radius 3 is 2.45 bits per heavy atom. The third-order valence-corrected chi connectivity index (χ3v) is 3.82. The maximum Gasteiger partial charge on any atom is 0.192 e. The molecule has 7 heteroatoms. The Labute approximate surface area is 121 Å². The average molecular weight is 291 g/mol. The molecule has 0 aliphatic heterocycles. The molecule has 0 saturated carbocycles. The van der Waals surface area contributed by atoms with Crippen LogP contribution in [0.15, 0.2) is 35.5 Å². The maximum atomic E-state index is 5.86. The van der Waals surface area contributed by atoms with Crippen molar-refractivity contribution in [3.8, 4) is 5.75 Å². The molecule has 6 nitrogen and oxygen atoms in total. The normalized spacial score (nSPS) is 12.1. The molecule has 0 radical (unpaired) electrons. The van der Waals surface area contributed by atoms with Crippen LogP contribution >= 0.6 is 11.8 Å². The zero-order chi connectivity index (χ0) is 14.5. The largest absolute Gasteiger partial charge is 0.496 e. The zero-order valence-electron chi connectivity index (χ0n) is 11.1. The number of anilines is 2. The maximum absolute atomic E-state index is 5.86. The van der Waals surface area contributed by atoms with Gasteiger partial charge in [-0.1, -0.05) is 30.0 Å². The Bertz CT molecular complexity index is 572. The second-order valence-electron chi connectivity index (χ2n) is 4.08. The van der Waals surface area contributed by atoms with E-state index in [0.29, 0.717) is 23.3 Å². The van der Waals surface area contributed by atoms with Gasteiger partial charge >= 0.3 is 0 Å².